The lowest BCUT2D eigenvalue weighted by Crippen LogP contribution is -2.32. The third kappa shape index (κ3) is 4.84. The summed E-state index contributed by atoms with van der Waals surface area (Å²) in [5.41, 5.74) is 0. The van der Waals surface area contributed by atoms with Gasteiger partial charge in [0.05, 0.1) is 0 Å². The Kier molecular flexibility index (Phi) is 7.06. The molecule has 1 saturated carbocycles. The average molecular weight is 226 g/mol. The zero-order chi connectivity index (χ0) is 11.8. The second-order valence-electron chi connectivity index (χ2n) is 5.20. The van der Waals surface area contributed by atoms with E-state index < -0.39 is 0 Å². The number of unbranched alkanes of at least 4 members (excludes halogenated alkanes) is 1. The smallest absolute Gasteiger partial charge is 0.00926 e. The van der Waals surface area contributed by atoms with Crippen molar-refractivity contribution in [2.75, 3.05) is 26.2 Å². The van der Waals surface area contributed by atoms with Gasteiger partial charge in [-0.2, -0.15) is 0 Å². The molecule has 0 radical (unpaired) electrons. The molecule has 0 aromatic heterocycles. The molecule has 1 rings (SSSR count). The molecule has 2 nitrogen and oxygen atoms in total. The van der Waals surface area contributed by atoms with Crippen molar-refractivity contribution in [1.82, 2.24) is 10.2 Å². The zero-order valence-electron chi connectivity index (χ0n) is 11.5. The molecule has 0 heterocycles. The van der Waals surface area contributed by atoms with Gasteiger partial charge in [0, 0.05) is 6.04 Å². The number of nitrogens with one attached hydrogen (secondary N) is 1. The quantitative estimate of drug-likeness (QED) is 0.640. The minimum absolute atomic E-state index is 0.813. The summed E-state index contributed by atoms with van der Waals surface area (Å²) in [4.78, 5) is 2.51. The van der Waals surface area contributed by atoms with Crippen molar-refractivity contribution < 1.29 is 0 Å². The first-order chi connectivity index (χ1) is 7.77. The molecule has 0 aliphatic heterocycles. The van der Waals surface area contributed by atoms with Gasteiger partial charge in [-0.15, -0.1) is 0 Å². The fourth-order valence-electron chi connectivity index (χ4n) is 2.74. The first-order valence-electron chi connectivity index (χ1n) is 7.23. The van der Waals surface area contributed by atoms with Crippen LogP contribution < -0.4 is 5.32 Å². The summed E-state index contributed by atoms with van der Waals surface area (Å²) in [6, 6.07) is 0.813. The molecule has 0 saturated heterocycles. The molecule has 0 aromatic carbocycles. The molecule has 1 N–H and O–H groups in total. The SMILES string of the molecule is CCN(CC)CCCCNC1CCCC1C. The van der Waals surface area contributed by atoms with Gasteiger partial charge in [-0.05, 0) is 57.8 Å². The van der Waals surface area contributed by atoms with E-state index in [0.717, 1.165) is 12.0 Å². The standard InChI is InChI=1S/C14H30N2/c1-4-16(5-2)12-7-6-11-15-14-10-8-9-13(14)3/h13-15H,4-12H2,1-3H3. The minimum atomic E-state index is 0.813. The van der Waals surface area contributed by atoms with Crippen LogP contribution in [0.4, 0.5) is 0 Å². The number of hydrogen-bond donors (Lipinski definition) is 1. The fraction of sp³-hybridized carbons (Fsp3) is 1.00. The van der Waals surface area contributed by atoms with E-state index in [1.165, 1.54) is 58.3 Å². The largest absolute Gasteiger partial charge is 0.314 e. The molecular formula is C14H30N2. The van der Waals surface area contributed by atoms with Crippen LogP contribution in [0.25, 0.3) is 0 Å². The van der Waals surface area contributed by atoms with Crippen LogP contribution in [0, 0.1) is 5.92 Å². The van der Waals surface area contributed by atoms with Crippen molar-refractivity contribution in [2.45, 2.75) is 58.9 Å². The summed E-state index contributed by atoms with van der Waals surface area (Å²) in [6.07, 6.45) is 6.93. The fourth-order valence-corrected chi connectivity index (χ4v) is 2.74. The van der Waals surface area contributed by atoms with Crippen LogP contribution in [0.5, 0.6) is 0 Å². The van der Waals surface area contributed by atoms with Crippen LogP contribution in [0.1, 0.15) is 52.9 Å². The molecule has 2 heteroatoms. The minimum Gasteiger partial charge on any atom is -0.314 e. The van der Waals surface area contributed by atoms with Crippen LogP contribution >= 0.6 is 0 Å². The zero-order valence-corrected chi connectivity index (χ0v) is 11.5. The molecule has 2 atom stereocenters. The highest BCUT2D eigenvalue weighted by Crippen LogP contribution is 2.24. The lowest BCUT2D eigenvalue weighted by atomic mass is 10.1. The monoisotopic (exact) mass is 226 g/mol. The van der Waals surface area contributed by atoms with Gasteiger partial charge in [-0.3, -0.25) is 0 Å². The normalized spacial score (nSPS) is 25.5. The molecule has 0 amide bonds. The van der Waals surface area contributed by atoms with Gasteiger partial charge in [-0.25, -0.2) is 0 Å². The molecule has 0 bridgehead atoms. The highest BCUT2D eigenvalue weighted by molar-refractivity contribution is 4.79. The number of nitrogens with zero attached hydrogens (tertiary/aromatic N) is 1. The Labute approximate surface area is 102 Å². The van der Waals surface area contributed by atoms with Crippen LogP contribution in [0.15, 0.2) is 0 Å². The van der Waals surface area contributed by atoms with E-state index in [2.05, 4.69) is 31.0 Å². The summed E-state index contributed by atoms with van der Waals surface area (Å²) in [5.74, 6) is 0.905. The Morgan fingerprint density at radius 3 is 2.44 bits per heavy atom. The molecule has 16 heavy (non-hydrogen) atoms. The van der Waals surface area contributed by atoms with Crippen molar-refractivity contribution in [3.05, 3.63) is 0 Å². The molecular weight excluding hydrogens is 196 g/mol. The van der Waals surface area contributed by atoms with Crippen LogP contribution in [-0.2, 0) is 0 Å². The topological polar surface area (TPSA) is 15.3 Å². The highest BCUT2D eigenvalue weighted by atomic mass is 15.1. The van der Waals surface area contributed by atoms with E-state index in [-0.39, 0.29) is 0 Å². The number of hydrogen-bond acceptors (Lipinski definition) is 2. The summed E-state index contributed by atoms with van der Waals surface area (Å²) in [5, 5.41) is 3.72. The first-order valence-corrected chi connectivity index (χ1v) is 7.23. The first kappa shape index (κ1) is 14.0. The lowest BCUT2D eigenvalue weighted by molar-refractivity contribution is 0.294. The Morgan fingerprint density at radius 2 is 1.88 bits per heavy atom. The van der Waals surface area contributed by atoms with E-state index >= 15 is 0 Å². The predicted octanol–water partition coefficient (Wildman–Crippen LogP) is 2.89. The molecule has 1 aliphatic rings. The third-order valence-corrected chi connectivity index (χ3v) is 4.06. The highest BCUT2D eigenvalue weighted by Gasteiger charge is 2.21. The molecule has 0 aromatic rings. The van der Waals surface area contributed by atoms with E-state index in [1.807, 2.05) is 0 Å². The van der Waals surface area contributed by atoms with Gasteiger partial charge in [0.2, 0.25) is 0 Å². The lowest BCUT2D eigenvalue weighted by Gasteiger charge is -2.19. The third-order valence-electron chi connectivity index (χ3n) is 4.06. The molecule has 1 fully saturated rings. The summed E-state index contributed by atoms with van der Waals surface area (Å²) in [6.45, 7) is 11.8. The summed E-state index contributed by atoms with van der Waals surface area (Å²) >= 11 is 0. The average Bonchev–Trinajstić information content (AvgIpc) is 2.70. The maximum atomic E-state index is 3.72. The second kappa shape index (κ2) is 8.08. The summed E-state index contributed by atoms with van der Waals surface area (Å²) < 4.78 is 0. The Morgan fingerprint density at radius 1 is 1.12 bits per heavy atom. The van der Waals surface area contributed by atoms with E-state index in [9.17, 15) is 0 Å². The maximum Gasteiger partial charge on any atom is 0.00926 e. The van der Waals surface area contributed by atoms with Crippen LogP contribution in [0.3, 0.4) is 0 Å². The molecule has 96 valence electrons. The maximum absolute atomic E-state index is 3.72. The van der Waals surface area contributed by atoms with Crippen molar-refractivity contribution >= 4 is 0 Å². The van der Waals surface area contributed by atoms with Crippen LogP contribution in [0.2, 0.25) is 0 Å². The van der Waals surface area contributed by atoms with Crippen molar-refractivity contribution in [3.8, 4) is 0 Å². The van der Waals surface area contributed by atoms with Crippen molar-refractivity contribution in [2.24, 2.45) is 5.92 Å². The Hall–Kier alpha value is -0.0800. The van der Waals surface area contributed by atoms with E-state index in [4.69, 9.17) is 0 Å². The van der Waals surface area contributed by atoms with E-state index in [1.54, 1.807) is 0 Å². The van der Waals surface area contributed by atoms with Crippen molar-refractivity contribution in [3.63, 3.8) is 0 Å². The van der Waals surface area contributed by atoms with Gasteiger partial charge in [0.1, 0.15) is 0 Å². The second-order valence-corrected chi connectivity index (χ2v) is 5.20. The Balaban J connectivity index is 1.95. The van der Waals surface area contributed by atoms with E-state index in [0.29, 0.717) is 0 Å². The van der Waals surface area contributed by atoms with Gasteiger partial charge in [-0.1, -0.05) is 27.2 Å². The molecule has 1 aliphatic carbocycles. The van der Waals surface area contributed by atoms with Gasteiger partial charge < -0.3 is 10.2 Å². The molecule has 0 spiro atoms. The van der Waals surface area contributed by atoms with Gasteiger partial charge in [0.25, 0.3) is 0 Å². The van der Waals surface area contributed by atoms with Crippen molar-refractivity contribution in [1.29, 1.82) is 0 Å². The predicted molar refractivity (Wildman–Crippen MR) is 71.8 cm³/mol. The summed E-state index contributed by atoms with van der Waals surface area (Å²) in [7, 11) is 0. The van der Waals surface area contributed by atoms with Gasteiger partial charge in [0.15, 0.2) is 0 Å². The Bertz CT molecular complexity index is 166. The number of rotatable bonds is 8. The van der Waals surface area contributed by atoms with Gasteiger partial charge >= 0.3 is 0 Å². The van der Waals surface area contributed by atoms with Crippen LogP contribution in [-0.4, -0.2) is 37.1 Å². The molecule has 2 unspecified atom stereocenters.